The molecule has 0 atom stereocenters. The van der Waals surface area contributed by atoms with Gasteiger partial charge in [0.25, 0.3) is 5.91 Å². The number of aromatic nitrogens is 2. The average Bonchev–Trinajstić information content (AvgIpc) is 3.17. The Kier molecular flexibility index (Phi) is 7.07. The highest BCUT2D eigenvalue weighted by Crippen LogP contribution is 2.25. The summed E-state index contributed by atoms with van der Waals surface area (Å²) < 4.78 is 6.86. The zero-order valence-corrected chi connectivity index (χ0v) is 17.7. The zero-order valence-electron chi connectivity index (χ0n) is 17.7. The van der Waals surface area contributed by atoms with E-state index in [2.05, 4.69) is 12.0 Å². The van der Waals surface area contributed by atoms with Crippen molar-refractivity contribution in [2.75, 3.05) is 13.7 Å². The Morgan fingerprint density at radius 3 is 2.45 bits per heavy atom. The average molecular weight is 398 g/mol. The summed E-state index contributed by atoms with van der Waals surface area (Å²) in [6.45, 7) is 4.23. The van der Waals surface area contributed by atoms with Gasteiger partial charge in [0.05, 0.1) is 35.3 Å². The molecule has 3 rings (SSSR count). The molecule has 0 saturated heterocycles. The monoisotopic (exact) mass is 397 g/mol. The van der Waals surface area contributed by atoms with Crippen LogP contribution >= 0.6 is 0 Å². The normalized spacial score (nSPS) is 14.6. The van der Waals surface area contributed by atoms with E-state index in [-0.39, 0.29) is 11.9 Å². The minimum absolute atomic E-state index is 0.0507. The molecule has 0 N–H and O–H groups in total. The number of nitrogens with zero attached hydrogens (tertiary/aromatic N) is 3. The lowest BCUT2D eigenvalue weighted by molar-refractivity contribution is 0.0526. The molecule has 1 aliphatic carbocycles. The van der Waals surface area contributed by atoms with Crippen molar-refractivity contribution in [2.45, 2.75) is 64.8 Å². The molecule has 1 amide bonds. The quantitative estimate of drug-likeness (QED) is 0.649. The van der Waals surface area contributed by atoms with Crippen LogP contribution in [0.25, 0.3) is 5.69 Å². The Balaban J connectivity index is 1.86. The molecule has 1 aromatic heterocycles. The van der Waals surface area contributed by atoms with Gasteiger partial charge in [0.2, 0.25) is 0 Å². The molecule has 0 unspecified atom stereocenters. The van der Waals surface area contributed by atoms with E-state index in [1.807, 2.05) is 28.8 Å². The first-order valence-electron chi connectivity index (χ1n) is 10.7. The topological polar surface area (TPSA) is 64.4 Å². The number of benzene rings is 1. The maximum Gasteiger partial charge on any atom is 0.338 e. The van der Waals surface area contributed by atoms with E-state index in [4.69, 9.17) is 4.74 Å². The zero-order chi connectivity index (χ0) is 20.8. The van der Waals surface area contributed by atoms with E-state index in [9.17, 15) is 9.59 Å². The Morgan fingerprint density at radius 2 is 1.83 bits per heavy atom. The van der Waals surface area contributed by atoms with Gasteiger partial charge >= 0.3 is 5.97 Å². The molecule has 1 heterocycles. The van der Waals surface area contributed by atoms with Crippen LogP contribution in [0.1, 0.15) is 78.8 Å². The number of esters is 1. The van der Waals surface area contributed by atoms with Crippen molar-refractivity contribution in [3.8, 4) is 5.69 Å². The highest BCUT2D eigenvalue weighted by atomic mass is 16.5. The molecular formula is C23H31N3O3. The van der Waals surface area contributed by atoms with Crippen molar-refractivity contribution in [1.82, 2.24) is 14.7 Å². The van der Waals surface area contributed by atoms with Crippen LogP contribution in [-0.2, 0) is 11.2 Å². The highest BCUT2D eigenvalue weighted by Gasteiger charge is 2.26. The van der Waals surface area contributed by atoms with Gasteiger partial charge in [-0.2, -0.15) is 5.10 Å². The second-order valence-corrected chi connectivity index (χ2v) is 7.64. The first-order chi connectivity index (χ1) is 14.1. The number of carbonyl (C=O) groups is 2. The van der Waals surface area contributed by atoms with E-state index in [1.54, 1.807) is 25.3 Å². The standard InChI is InChI=1S/C23H31N3O3/c1-4-9-21-20(22(27)25(3)18-10-7-6-8-11-18)16-24-26(21)19-14-12-17(13-15-19)23(28)29-5-2/h12-16,18H,4-11H2,1-3H3. The fourth-order valence-corrected chi connectivity index (χ4v) is 4.03. The molecule has 156 valence electrons. The molecule has 2 aromatic rings. The van der Waals surface area contributed by atoms with Crippen molar-refractivity contribution in [3.05, 3.63) is 47.3 Å². The van der Waals surface area contributed by atoms with E-state index in [1.165, 1.54) is 19.3 Å². The van der Waals surface area contributed by atoms with Crippen LogP contribution in [0, 0.1) is 0 Å². The van der Waals surface area contributed by atoms with Gasteiger partial charge < -0.3 is 9.64 Å². The molecule has 1 saturated carbocycles. The van der Waals surface area contributed by atoms with Crippen LogP contribution < -0.4 is 0 Å². The summed E-state index contributed by atoms with van der Waals surface area (Å²) in [4.78, 5) is 27.0. The third-order valence-electron chi connectivity index (χ3n) is 5.65. The summed E-state index contributed by atoms with van der Waals surface area (Å²) in [5.41, 5.74) is 2.94. The Morgan fingerprint density at radius 1 is 1.14 bits per heavy atom. The van der Waals surface area contributed by atoms with Crippen LogP contribution in [0.5, 0.6) is 0 Å². The first kappa shape index (κ1) is 21.1. The minimum atomic E-state index is -0.335. The van der Waals surface area contributed by atoms with E-state index in [0.717, 1.165) is 37.1 Å². The number of amides is 1. The molecular weight excluding hydrogens is 366 g/mol. The molecule has 29 heavy (non-hydrogen) atoms. The molecule has 0 radical (unpaired) electrons. The van der Waals surface area contributed by atoms with E-state index in [0.29, 0.717) is 23.8 Å². The number of rotatable bonds is 7. The summed E-state index contributed by atoms with van der Waals surface area (Å²) in [5.74, 6) is -0.284. The van der Waals surface area contributed by atoms with Gasteiger partial charge in [-0.15, -0.1) is 0 Å². The lowest BCUT2D eigenvalue weighted by atomic mass is 9.94. The number of hydrogen-bond acceptors (Lipinski definition) is 4. The van der Waals surface area contributed by atoms with Crippen LogP contribution in [-0.4, -0.2) is 46.3 Å². The van der Waals surface area contributed by atoms with Crippen molar-refractivity contribution < 1.29 is 14.3 Å². The fourth-order valence-electron chi connectivity index (χ4n) is 4.03. The fraction of sp³-hybridized carbons (Fsp3) is 0.522. The van der Waals surface area contributed by atoms with Gasteiger partial charge in [-0.1, -0.05) is 32.6 Å². The molecule has 0 bridgehead atoms. The molecule has 1 aliphatic rings. The predicted molar refractivity (Wildman–Crippen MR) is 112 cm³/mol. The Labute approximate surface area is 172 Å². The summed E-state index contributed by atoms with van der Waals surface area (Å²) in [5, 5.41) is 4.52. The predicted octanol–water partition coefficient (Wildman–Crippen LogP) is 4.41. The molecule has 1 fully saturated rings. The molecule has 1 aromatic carbocycles. The Bertz CT molecular complexity index is 836. The van der Waals surface area contributed by atoms with Gasteiger partial charge in [-0.25, -0.2) is 9.48 Å². The van der Waals surface area contributed by atoms with Crippen LogP contribution in [0.15, 0.2) is 30.5 Å². The van der Waals surface area contributed by atoms with Crippen molar-refractivity contribution in [3.63, 3.8) is 0 Å². The van der Waals surface area contributed by atoms with Gasteiger partial charge in [-0.3, -0.25) is 4.79 Å². The smallest absolute Gasteiger partial charge is 0.338 e. The lowest BCUT2D eigenvalue weighted by Crippen LogP contribution is -2.38. The SMILES string of the molecule is CCCc1c(C(=O)N(C)C2CCCCC2)cnn1-c1ccc(C(=O)OCC)cc1. The van der Waals surface area contributed by atoms with Gasteiger partial charge in [0.1, 0.15) is 0 Å². The summed E-state index contributed by atoms with van der Waals surface area (Å²) >= 11 is 0. The van der Waals surface area contributed by atoms with Crippen molar-refractivity contribution >= 4 is 11.9 Å². The minimum Gasteiger partial charge on any atom is -0.462 e. The Hall–Kier alpha value is -2.63. The van der Waals surface area contributed by atoms with Crippen LogP contribution in [0.4, 0.5) is 0 Å². The van der Waals surface area contributed by atoms with Crippen molar-refractivity contribution in [1.29, 1.82) is 0 Å². The van der Waals surface area contributed by atoms with E-state index < -0.39 is 0 Å². The van der Waals surface area contributed by atoms with E-state index >= 15 is 0 Å². The third kappa shape index (κ3) is 4.69. The second kappa shape index (κ2) is 9.72. The maximum atomic E-state index is 13.2. The number of carbonyl (C=O) groups excluding carboxylic acids is 2. The number of ether oxygens (including phenoxy) is 1. The summed E-state index contributed by atoms with van der Waals surface area (Å²) in [6.07, 6.45) is 9.17. The van der Waals surface area contributed by atoms with Gasteiger partial charge in [0.15, 0.2) is 0 Å². The lowest BCUT2D eigenvalue weighted by Gasteiger charge is -2.31. The van der Waals surface area contributed by atoms with Crippen LogP contribution in [0.2, 0.25) is 0 Å². The third-order valence-corrected chi connectivity index (χ3v) is 5.65. The maximum absolute atomic E-state index is 13.2. The molecule has 0 spiro atoms. The molecule has 6 nitrogen and oxygen atoms in total. The molecule has 6 heteroatoms. The summed E-state index contributed by atoms with van der Waals surface area (Å²) in [7, 11) is 1.92. The molecule has 0 aliphatic heterocycles. The first-order valence-corrected chi connectivity index (χ1v) is 10.7. The largest absolute Gasteiger partial charge is 0.462 e. The van der Waals surface area contributed by atoms with Gasteiger partial charge in [-0.05, 0) is 50.5 Å². The highest BCUT2D eigenvalue weighted by molar-refractivity contribution is 5.95. The van der Waals surface area contributed by atoms with Gasteiger partial charge in [0, 0.05) is 13.1 Å². The second-order valence-electron chi connectivity index (χ2n) is 7.64. The van der Waals surface area contributed by atoms with Crippen molar-refractivity contribution in [2.24, 2.45) is 0 Å². The van der Waals surface area contributed by atoms with Crippen LogP contribution in [0.3, 0.4) is 0 Å². The number of hydrogen-bond donors (Lipinski definition) is 0. The summed E-state index contributed by atoms with van der Waals surface area (Å²) in [6, 6.07) is 7.48.